The highest BCUT2D eigenvalue weighted by Crippen LogP contribution is 2.25. The number of hydrogen-bond donors (Lipinski definition) is 3. The van der Waals surface area contributed by atoms with Crippen LogP contribution in [0.1, 0.15) is 25.7 Å². The molecule has 1 saturated carbocycles. The van der Waals surface area contributed by atoms with Gasteiger partial charge in [0.2, 0.25) is 0 Å². The normalized spacial score (nSPS) is 25.3. The van der Waals surface area contributed by atoms with Crippen molar-refractivity contribution in [2.45, 2.75) is 31.8 Å². The minimum atomic E-state index is -0.0836. The minimum Gasteiger partial charge on any atom is -0.393 e. The molecular formula is C12H19N3O. The second-order valence-corrected chi connectivity index (χ2v) is 4.49. The fourth-order valence-electron chi connectivity index (χ4n) is 2.17. The number of aliphatic hydroxyl groups excluding tert-OH is 1. The first-order chi connectivity index (χ1) is 7.75. The van der Waals surface area contributed by atoms with Crippen LogP contribution in [0.4, 0.5) is 11.5 Å². The molecule has 0 saturated heterocycles. The highest BCUT2D eigenvalue weighted by Gasteiger charge is 2.19. The van der Waals surface area contributed by atoms with Crippen molar-refractivity contribution in [1.82, 2.24) is 4.98 Å². The average molecular weight is 221 g/mol. The number of nitrogens with two attached hydrogens (primary N) is 1. The van der Waals surface area contributed by atoms with Gasteiger partial charge < -0.3 is 16.2 Å². The maximum Gasteiger partial charge on any atom is 0.146 e. The van der Waals surface area contributed by atoms with Gasteiger partial charge in [-0.3, -0.25) is 0 Å². The van der Waals surface area contributed by atoms with E-state index in [0.717, 1.165) is 37.9 Å². The molecule has 2 rings (SSSR count). The van der Waals surface area contributed by atoms with Gasteiger partial charge in [0.25, 0.3) is 0 Å². The quantitative estimate of drug-likeness (QED) is 0.725. The fourth-order valence-corrected chi connectivity index (χ4v) is 2.17. The predicted octanol–water partition coefficient (Wildman–Crippen LogP) is 1.63. The zero-order valence-electron chi connectivity index (χ0n) is 9.39. The van der Waals surface area contributed by atoms with Crippen molar-refractivity contribution in [3.05, 3.63) is 18.3 Å². The molecule has 0 aromatic carbocycles. The number of aliphatic hydroxyl groups is 1. The molecule has 0 atom stereocenters. The maximum atomic E-state index is 9.41. The van der Waals surface area contributed by atoms with Gasteiger partial charge in [-0.2, -0.15) is 0 Å². The van der Waals surface area contributed by atoms with E-state index < -0.39 is 0 Å². The van der Waals surface area contributed by atoms with Crippen LogP contribution in [0.5, 0.6) is 0 Å². The van der Waals surface area contributed by atoms with E-state index >= 15 is 0 Å². The van der Waals surface area contributed by atoms with Gasteiger partial charge in [-0.25, -0.2) is 4.98 Å². The lowest BCUT2D eigenvalue weighted by atomic mass is 9.87. The van der Waals surface area contributed by atoms with E-state index in [1.165, 1.54) is 0 Å². The van der Waals surface area contributed by atoms with Crippen LogP contribution in [0, 0.1) is 5.92 Å². The lowest BCUT2D eigenvalue weighted by Gasteiger charge is -2.25. The molecule has 0 bridgehead atoms. The Balaban J connectivity index is 1.81. The zero-order chi connectivity index (χ0) is 11.4. The molecule has 4 nitrogen and oxygen atoms in total. The maximum absolute atomic E-state index is 9.41. The van der Waals surface area contributed by atoms with Crippen molar-refractivity contribution in [2.75, 3.05) is 17.6 Å². The van der Waals surface area contributed by atoms with Crippen molar-refractivity contribution in [3.8, 4) is 0 Å². The molecule has 1 heterocycles. The van der Waals surface area contributed by atoms with Gasteiger partial charge in [-0.15, -0.1) is 0 Å². The third-order valence-electron chi connectivity index (χ3n) is 3.24. The van der Waals surface area contributed by atoms with E-state index in [2.05, 4.69) is 10.3 Å². The topological polar surface area (TPSA) is 71.2 Å². The Morgan fingerprint density at radius 1 is 1.38 bits per heavy atom. The van der Waals surface area contributed by atoms with Gasteiger partial charge in [-0.1, -0.05) is 0 Å². The second kappa shape index (κ2) is 5.16. The second-order valence-electron chi connectivity index (χ2n) is 4.49. The molecule has 1 aliphatic carbocycles. The fraction of sp³-hybridized carbons (Fsp3) is 0.583. The van der Waals surface area contributed by atoms with Crippen molar-refractivity contribution < 1.29 is 5.11 Å². The van der Waals surface area contributed by atoms with Crippen LogP contribution in [0.25, 0.3) is 0 Å². The minimum absolute atomic E-state index is 0.0836. The molecular weight excluding hydrogens is 202 g/mol. The summed E-state index contributed by atoms with van der Waals surface area (Å²) in [5.41, 5.74) is 6.66. The van der Waals surface area contributed by atoms with Crippen LogP contribution >= 0.6 is 0 Å². The third-order valence-corrected chi connectivity index (χ3v) is 3.24. The van der Waals surface area contributed by atoms with E-state index in [1.54, 1.807) is 6.20 Å². The summed E-state index contributed by atoms with van der Waals surface area (Å²) in [6.07, 6.45) is 5.64. The lowest BCUT2D eigenvalue weighted by molar-refractivity contribution is 0.111. The SMILES string of the molecule is Nc1ncccc1NCC1CCC(O)CC1. The van der Waals surface area contributed by atoms with Gasteiger partial charge in [0.1, 0.15) is 5.82 Å². The van der Waals surface area contributed by atoms with Crippen LogP contribution in [0.3, 0.4) is 0 Å². The van der Waals surface area contributed by atoms with Crippen molar-refractivity contribution in [1.29, 1.82) is 0 Å². The summed E-state index contributed by atoms with van der Waals surface area (Å²) in [4.78, 5) is 4.03. The van der Waals surface area contributed by atoms with E-state index in [4.69, 9.17) is 5.73 Å². The number of nitrogen functional groups attached to an aromatic ring is 1. The summed E-state index contributed by atoms with van der Waals surface area (Å²) in [7, 11) is 0. The Kier molecular flexibility index (Phi) is 3.62. The van der Waals surface area contributed by atoms with Crippen LogP contribution in [-0.4, -0.2) is 22.7 Å². The summed E-state index contributed by atoms with van der Waals surface area (Å²) in [5, 5.41) is 12.7. The summed E-state index contributed by atoms with van der Waals surface area (Å²) < 4.78 is 0. The molecule has 0 unspecified atom stereocenters. The van der Waals surface area contributed by atoms with Crippen LogP contribution in [-0.2, 0) is 0 Å². The first-order valence-corrected chi connectivity index (χ1v) is 5.88. The molecule has 88 valence electrons. The molecule has 0 aliphatic heterocycles. The zero-order valence-corrected chi connectivity index (χ0v) is 9.39. The average Bonchev–Trinajstić information content (AvgIpc) is 2.30. The number of pyridine rings is 1. The monoisotopic (exact) mass is 221 g/mol. The Morgan fingerprint density at radius 3 is 2.81 bits per heavy atom. The largest absolute Gasteiger partial charge is 0.393 e. The van der Waals surface area contributed by atoms with E-state index in [9.17, 15) is 5.11 Å². The summed E-state index contributed by atoms with van der Waals surface area (Å²) in [6, 6.07) is 3.82. The predicted molar refractivity (Wildman–Crippen MR) is 65.1 cm³/mol. The molecule has 4 heteroatoms. The van der Waals surface area contributed by atoms with E-state index in [1.807, 2.05) is 12.1 Å². The molecule has 1 aliphatic rings. The highest BCUT2D eigenvalue weighted by atomic mass is 16.3. The van der Waals surface area contributed by atoms with Crippen LogP contribution in [0.2, 0.25) is 0 Å². The third kappa shape index (κ3) is 2.85. The van der Waals surface area contributed by atoms with Gasteiger partial charge >= 0.3 is 0 Å². The van der Waals surface area contributed by atoms with E-state index in [-0.39, 0.29) is 6.10 Å². The molecule has 1 fully saturated rings. The number of hydrogen-bond acceptors (Lipinski definition) is 4. The Hall–Kier alpha value is -1.29. The number of nitrogens with zero attached hydrogens (tertiary/aromatic N) is 1. The Labute approximate surface area is 95.9 Å². The summed E-state index contributed by atoms with van der Waals surface area (Å²) in [5.74, 6) is 1.20. The van der Waals surface area contributed by atoms with Gasteiger partial charge in [0, 0.05) is 12.7 Å². The summed E-state index contributed by atoms with van der Waals surface area (Å²) >= 11 is 0. The van der Waals surface area contributed by atoms with Crippen molar-refractivity contribution >= 4 is 11.5 Å². The molecule has 1 aromatic heterocycles. The molecule has 0 radical (unpaired) electrons. The van der Waals surface area contributed by atoms with Crippen LogP contribution in [0.15, 0.2) is 18.3 Å². The molecule has 16 heavy (non-hydrogen) atoms. The van der Waals surface area contributed by atoms with Crippen molar-refractivity contribution in [3.63, 3.8) is 0 Å². The summed E-state index contributed by atoms with van der Waals surface area (Å²) in [6.45, 7) is 0.919. The highest BCUT2D eigenvalue weighted by molar-refractivity contribution is 5.60. The smallest absolute Gasteiger partial charge is 0.146 e. The van der Waals surface area contributed by atoms with E-state index in [0.29, 0.717) is 11.7 Å². The van der Waals surface area contributed by atoms with Gasteiger partial charge in [0.15, 0.2) is 0 Å². The lowest BCUT2D eigenvalue weighted by Crippen LogP contribution is -2.23. The number of aromatic nitrogens is 1. The first-order valence-electron chi connectivity index (χ1n) is 5.88. The van der Waals surface area contributed by atoms with Crippen molar-refractivity contribution in [2.24, 2.45) is 5.92 Å². The standard InChI is InChI=1S/C12H19N3O/c13-12-11(2-1-7-14-12)15-8-9-3-5-10(16)6-4-9/h1-2,7,9-10,15-16H,3-6,8H2,(H2,13,14). The van der Waals surface area contributed by atoms with Gasteiger partial charge in [0.05, 0.1) is 11.8 Å². The molecule has 1 aromatic rings. The molecule has 0 spiro atoms. The Bertz CT molecular complexity index is 335. The molecule has 4 N–H and O–H groups in total. The number of nitrogens with one attached hydrogen (secondary N) is 1. The molecule has 0 amide bonds. The first kappa shape index (κ1) is 11.2. The number of anilines is 2. The van der Waals surface area contributed by atoms with Crippen LogP contribution < -0.4 is 11.1 Å². The van der Waals surface area contributed by atoms with Gasteiger partial charge in [-0.05, 0) is 43.7 Å². The number of rotatable bonds is 3. The Morgan fingerprint density at radius 2 is 2.12 bits per heavy atom.